The molecule has 2 aromatic carbocycles. The largest absolute Gasteiger partial charge is 0.298 e. The van der Waals surface area contributed by atoms with Gasteiger partial charge in [-0.25, -0.2) is 0 Å². The summed E-state index contributed by atoms with van der Waals surface area (Å²) >= 11 is 11.0. The quantitative estimate of drug-likeness (QED) is 0.732. The first-order valence-corrected chi connectivity index (χ1v) is 6.87. The van der Waals surface area contributed by atoms with Crippen molar-refractivity contribution in [3.8, 4) is 0 Å². The summed E-state index contributed by atoms with van der Waals surface area (Å²) in [5.74, 6) is 0. The van der Waals surface area contributed by atoms with Crippen molar-refractivity contribution in [2.75, 3.05) is 0 Å². The topological polar surface area (TPSA) is 17.1 Å². The minimum atomic E-state index is 0.483. The Morgan fingerprint density at radius 1 is 1.06 bits per heavy atom. The van der Waals surface area contributed by atoms with Gasteiger partial charge in [-0.3, -0.25) is 4.79 Å². The lowest BCUT2D eigenvalue weighted by atomic mass is 10.2. The van der Waals surface area contributed by atoms with Crippen LogP contribution in [-0.4, -0.2) is 6.29 Å². The lowest BCUT2D eigenvalue weighted by Gasteiger charge is -2.07. The van der Waals surface area contributed by atoms with Crippen molar-refractivity contribution in [3.05, 3.63) is 57.5 Å². The third-order valence-corrected chi connectivity index (χ3v) is 4.62. The second kappa shape index (κ2) is 5.71. The van der Waals surface area contributed by atoms with Crippen molar-refractivity contribution in [1.82, 2.24) is 0 Å². The van der Waals surface area contributed by atoms with E-state index < -0.39 is 0 Å². The van der Waals surface area contributed by atoms with Gasteiger partial charge in [0.2, 0.25) is 0 Å². The molecular formula is C13H8BrClOS. The van der Waals surface area contributed by atoms with E-state index in [1.165, 1.54) is 11.8 Å². The first-order chi connectivity index (χ1) is 8.22. The molecule has 17 heavy (non-hydrogen) atoms. The van der Waals surface area contributed by atoms with Gasteiger partial charge in [-0.15, -0.1) is 0 Å². The Balaban J connectivity index is 2.40. The molecule has 0 N–H and O–H groups in total. The highest BCUT2D eigenvalue weighted by Crippen LogP contribution is 2.36. The third-order valence-electron chi connectivity index (χ3n) is 2.19. The summed E-state index contributed by atoms with van der Waals surface area (Å²) in [6.07, 6.45) is 0.793. The zero-order chi connectivity index (χ0) is 12.3. The van der Waals surface area contributed by atoms with Crippen molar-refractivity contribution in [1.29, 1.82) is 0 Å². The number of hydrogen-bond acceptors (Lipinski definition) is 2. The van der Waals surface area contributed by atoms with Gasteiger partial charge in [0, 0.05) is 19.8 Å². The summed E-state index contributed by atoms with van der Waals surface area (Å²) < 4.78 is 1.00. The predicted octanol–water partition coefficient (Wildman–Crippen LogP) is 5.07. The molecule has 0 saturated heterocycles. The molecular weight excluding hydrogens is 320 g/mol. The molecule has 0 fully saturated rings. The van der Waals surface area contributed by atoms with Crippen LogP contribution in [0.1, 0.15) is 10.4 Å². The van der Waals surface area contributed by atoms with Gasteiger partial charge < -0.3 is 0 Å². The van der Waals surface area contributed by atoms with Gasteiger partial charge in [-0.05, 0) is 40.2 Å². The van der Waals surface area contributed by atoms with Crippen LogP contribution >= 0.6 is 39.3 Å². The first kappa shape index (κ1) is 12.7. The van der Waals surface area contributed by atoms with Crippen LogP contribution < -0.4 is 0 Å². The minimum absolute atomic E-state index is 0.483. The zero-order valence-corrected chi connectivity index (χ0v) is 11.8. The molecule has 2 aromatic rings. The minimum Gasteiger partial charge on any atom is -0.298 e. The molecule has 0 unspecified atom stereocenters. The van der Waals surface area contributed by atoms with Gasteiger partial charge in [0.15, 0.2) is 6.29 Å². The molecule has 0 aliphatic rings. The molecule has 0 aliphatic heterocycles. The summed E-state index contributed by atoms with van der Waals surface area (Å²) in [6, 6.07) is 13.3. The summed E-state index contributed by atoms with van der Waals surface area (Å²) in [5, 5.41) is 0.483. The predicted molar refractivity (Wildman–Crippen MR) is 75.1 cm³/mol. The average molecular weight is 328 g/mol. The second-order valence-corrected chi connectivity index (χ2v) is 5.65. The number of halogens is 2. The number of aldehydes is 1. The van der Waals surface area contributed by atoms with Gasteiger partial charge in [0.1, 0.15) is 0 Å². The van der Waals surface area contributed by atoms with Crippen molar-refractivity contribution >= 4 is 45.6 Å². The molecule has 2 rings (SSSR count). The maximum Gasteiger partial charge on any atom is 0.152 e. The Labute approximate surface area is 117 Å². The lowest BCUT2D eigenvalue weighted by Crippen LogP contribution is -1.86. The van der Waals surface area contributed by atoms with Crippen LogP contribution in [0.25, 0.3) is 0 Å². The number of rotatable bonds is 3. The maximum atomic E-state index is 11.0. The molecule has 1 nitrogen and oxygen atoms in total. The Morgan fingerprint density at radius 2 is 1.76 bits per heavy atom. The summed E-state index contributed by atoms with van der Waals surface area (Å²) in [5.41, 5.74) is 0.537. The summed E-state index contributed by atoms with van der Waals surface area (Å²) in [7, 11) is 0. The highest BCUT2D eigenvalue weighted by Gasteiger charge is 2.08. The van der Waals surface area contributed by atoms with E-state index in [0.29, 0.717) is 10.6 Å². The van der Waals surface area contributed by atoms with Crippen molar-refractivity contribution in [3.63, 3.8) is 0 Å². The Bertz CT molecular complexity index is 557. The third kappa shape index (κ3) is 2.92. The average Bonchev–Trinajstić information content (AvgIpc) is 2.32. The van der Waals surface area contributed by atoms with Crippen LogP contribution in [0, 0.1) is 0 Å². The van der Waals surface area contributed by atoms with Gasteiger partial charge in [0.25, 0.3) is 0 Å². The molecule has 0 spiro atoms. The maximum absolute atomic E-state index is 11.0. The molecule has 0 radical (unpaired) electrons. The highest BCUT2D eigenvalue weighted by molar-refractivity contribution is 9.10. The van der Waals surface area contributed by atoms with Crippen LogP contribution in [0.3, 0.4) is 0 Å². The zero-order valence-electron chi connectivity index (χ0n) is 8.69. The van der Waals surface area contributed by atoms with E-state index in [9.17, 15) is 4.79 Å². The van der Waals surface area contributed by atoms with Gasteiger partial charge in [0.05, 0.1) is 5.02 Å². The fourth-order valence-corrected chi connectivity index (χ4v) is 3.13. The molecule has 4 heteroatoms. The van der Waals surface area contributed by atoms with Crippen LogP contribution in [-0.2, 0) is 0 Å². The Hall–Kier alpha value is -0.770. The highest BCUT2D eigenvalue weighted by atomic mass is 79.9. The molecule has 0 saturated carbocycles. The summed E-state index contributed by atoms with van der Waals surface area (Å²) in [6.45, 7) is 0. The lowest BCUT2D eigenvalue weighted by molar-refractivity contribution is 0.112. The van der Waals surface area contributed by atoms with Crippen LogP contribution in [0.2, 0.25) is 5.02 Å². The van der Waals surface area contributed by atoms with Crippen LogP contribution in [0.15, 0.2) is 56.7 Å². The monoisotopic (exact) mass is 326 g/mol. The Kier molecular flexibility index (Phi) is 4.26. The van der Waals surface area contributed by atoms with E-state index >= 15 is 0 Å². The normalized spacial score (nSPS) is 10.2. The van der Waals surface area contributed by atoms with E-state index in [1.807, 2.05) is 36.4 Å². The van der Waals surface area contributed by atoms with Crippen molar-refractivity contribution in [2.45, 2.75) is 9.79 Å². The molecule has 0 heterocycles. The molecule has 0 aromatic heterocycles. The Morgan fingerprint density at radius 3 is 2.47 bits per heavy atom. The van der Waals surface area contributed by atoms with Crippen LogP contribution in [0.5, 0.6) is 0 Å². The van der Waals surface area contributed by atoms with E-state index in [0.717, 1.165) is 20.5 Å². The first-order valence-electron chi connectivity index (χ1n) is 4.88. The molecule has 0 aliphatic carbocycles. The fourth-order valence-electron chi connectivity index (χ4n) is 1.37. The van der Waals surface area contributed by atoms with Gasteiger partial charge in [-0.1, -0.05) is 41.6 Å². The molecule has 86 valence electrons. The molecule has 0 amide bonds. The van der Waals surface area contributed by atoms with E-state index in [1.54, 1.807) is 6.07 Å². The van der Waals surface area contributed by atoms with Gasteiger partial charge in [-0.2, -0.15) is 0 Å². The van der Waals surface area contributed by atoms with Gasteiger partial charge >= 0.3 is 0 Å². The number of benzene rings is 2. The van der Waals surface area contributed by atoms with E-state index in [2.05, 4.69) is 15.9 Å². The smallest absolute Gasteiger partial charge is 0.152 e. The van der Waals surface area contributed by atoms with Crippen LogP contribution in [0.4, 0.5) is 0 Å². The van der Waals surface area contributed by atoms with E-state index in [-0.39, 0.29) is 0 Å². The SMILES string of the molecule is O=Cc1c(Cl)cccc1Sc1ccccc1Br. The summed E-state index contributed by atoms with van der Waals surface area (Å²) in [4.78, 5) is 12.9. The van der Waals surface area contributed by atoms with Crippen molar-refractivity contribution in [2.24, 2.45) is 0 Å². The fraction of sp³-hybridized carbons (Fsp3) is 0. The van der Waals surface area contributed by atoms with E-state index in [4.69, 9.17) is 11.6 Å². The van der Waals surface area contributed by atoms with Crippen molar-refractivity contribution < 1.29 is 4.79 Å². The number of hydrogen-bond donors (Lipinski definition) is 0. The standard InChI is InChI=1S/C13H8BrClOS/c14-10-4-1-2-6-13(10)17-12-7-3-5-11(15)9(12)8-16/h1-8H. The molecule has 0 bridgehead atoms. The molecule has 0 atom stereocenters. The number of carbonyl (C=O) groups excluding carboxylic acids is 1. The number of carbonyl (C=O) groups is 1. The second-order valence-electron chi connectivity index (χ2n) is 3.30.